The highest BCUT2D eigenvalue weighted by atomic mass is 19.1. The number of hydrogen-bond acceptors (Lipinski definition) is 9. The van der Waals surface area contributed by atoms with Crippen LogP contribution in [0.3, 0.4) is 0 Å². The number of aliphatic imine (C=N–C) groups is 1. The second kappa shape index (κ2) is 13.9. The van der Waals surface area contributed by atoms with Crippen LogP contribution in [0.2, 0.25) is 0 Å². The van der Waals surface area contributed by atoms with Gasteiger partial charge in [0.2, 0.25) is 5.91 Å². The molecule has 42 heavy (non-hydrogen) atoms. The number of fused-ring (bicyclic) bond motifs is 1. The number of pyridine rings is 1. The summed E-state index contributed by atoms with van der Waals surface area (Å²) in [4.78, 5) is 46.7. The van der Waals surface area contributed by atoms with Gasteiger partial charge in [-0.25, -0.2) is 24.0 Å². The van der Waals surface area contributed by atoms with E-state index in [-0.39, 0.29) is 17.9 Å². The lowest BCUT2D eigenvalue weighted by atomic mass is 10.0. The second-order valence-electron chi connectivity index (χ2n) is 10.6. The zero-order valence-electron chi connectivity index (χ0n) is 25.0. The van der Waals surface area contributed by atoms with E-state index in [1.165, 1.54) is 26.3 Å². The third kappa shape index (κ3) is 8.25. The molecular weight excluding hydrogens is 543 g/mol. The molecule has 1 N–H and O–H groups in total. The standard InChI is InChI=1S/C31H37FN4O6/c1-8-9-26(36(20(3)37)30(39)42-31(4,5)6)33-12-10-19(2)25-18-35-28(24-11-13-41-27(24)25)34-17-21-14-22(29(38)40-7)16-23(32)15-21/h9-10,12,14-16,18H,8,11,13,17H2,1-7H3,(H,34,35)/b19-10+,26-9-,33-12-. The van der Waals surface area contributed by atoms with Gasteiger partial charge in [-0.2, -0.15) is 4.90 Å². The predicted octanol–water partition coefficient (Wildman–Crippen LogP) is 6.06. The van der Waals surface area contributed by atoms with Gasteiger partial charge in [0.1, 0.15) is 28.8 Å². The van der Waals surface area contributed by atoms with Crippen molar-refractivity contribution in [1.29, 1.82) is 0 Å². The summed E-state index contributed by atoms with van der Waals surface area (Å²) in [5, 5.41) is 3.22. The lowest BCUT2D eigenvalue weighted by Gasteiger charge is -2.25. The molecule has 0 saturated carbocycles. The van der Waals surface area contributed by atoms with E-state index < -0.39 is 29.4 Å². The normalized spacial score (nSPS) is 13.4. The summed E-state index contributed by atoms with van der Waals surface area (Å²) in [5.41, 5.74) is 2.34. The summed E-state index contributed by atoms with van der Waals surface area (Å²) in [5.74, 6) is -0.236. The van der Waals surface area contributed by atoms with E-state index in [0.29, 0.717) is 36.6 Å². The van der Waals surface area contributed by atoms with Crippen molar-refractivity contribution in [1.82, 2.24) is 9.88 Å². The lowest BCUT2D eigenvalue weighted by molar-refractivity contribution is -0.126. The first-order chi connectivity index (χ1) is 19.8. The van der Waals surface area contributed by atoms with Gasteiger partial charge >= 0.3 is 12.1 Å². The number of methoxy groups -OCH3 is 1. The number of rotatable bonds is 9. The molecule has 224 valence electrons. The van der Waals surface area contributed by atoms with E-state index in [0.717, 1.165) is 27.7 Å². The molecule has 1 aromatic heterocycles. The van der Waals surface area contributed by atoms with Crippen molar-refractivity contribution in [2.45, 2.75) is 66.5 Å². The number of carbonyl (C=O) groups is 3. The van der Waals surface area contributed by atoms with Gasteiger partial charge in [0.25, 0.3) is 0 Å². The van der Waals surface area contributed by atoms with Crippen molar-refractivity contribution in [2.75, 3.05) is 19.0 Å². The minimum Gasteiger partial charge on any atom is -0.492 e. The Morgan fingerprint density at radius 2 is 1.95 bits per heavy atom. The Morgan fingerprint density at radius 1 is 1.21 bits per heavy atom. The van der Waals surface area contributed by atoms with E-state index >= 15 is 0 Å². The molecule has 3 rings (SSSR count). The van der Waals surface area contributed by atoms with Crippen LogP contribution in [-0.4, -0.2) is 53.4 Å². The molecule has 0 atom stereocenters. The number of ether oxygens (including phenoxy) is 3. The van der Waals surface area contributed by atoms with Crippen LogP contribution in [0.25, 0.3) is 5.57 Å². The van der Waals surface area contributed by atoms with Crippen LogP contribution in [-0.2, 0) is 27.2 Å². The van der Waals surface area contributed by atoms with E-state index in [1.54, 1.807) is 45.2 Å². The minimum atomic E-state index is -0.800. The molecule has 11 heteroatoms. The number of halogens is 1. The fourth-order valence-corrected chi connectivity index (χ4v) is 4.19. The Kier molecular flexibility index (Phi) is 10.6. The van der Waals surface area contributed by atoms with Crippen LogP contribution < -0.4 is 10.1 Å². The van der Waals surface area contributed by atoms with Crippen molar-refractivity contribution < 1.29 is 33.0 Å². The predicted molar refractivity (Wildman–Crippen MR) is 158 cm³/mol. The Balaban J connectivity index is 1.82. The summed E-state index contributed by atoms with van der Waals surface area (Å²) in [6, 6.07) is 4.03. The van der Waals surface area contributed by atoms with E-state index in [4.69, 9.17) is 14.2 Å². The lowest BCUT2D eigenvalue weighted by Crippen LogP contribution is -2.38. The topological polar surface area (TPSA) is 119 Å². The van der Waals surface area contributed by atoms with E-state index in [9.17, 15) is 18.8 Å². The molecule has 0 bridgehead atoms. The van der Waals surface area contributed by atoms with Crippen molar-refractivity contribution in [2.24, 2.45) is 4.99 Å². The molecule has 2 amide bonds. The summed E-state index contributed by atoms with van der Waals surface area (Å²) in [6.45, 7) is 10.9. The number of hydrogen-bond donors (Lipinski definition) is 1. The van der Waals surface area contributed by atoms with Crippen molar-refractivity contribution in [3.8, 4) is 5.75 Å². The highest BCUT2D eigenvalue weighted by Crippen LogP contribution is 2.37. The Hall–Kier alpha value is -4.54. The summed E-state index contributed by atoms with van der Waals surface area (Å²) >= 11 is 0. The first-order valence-corrected chi connectivity index (χ1v) is 13.6. The SMILES string of the molecule is CC/C=C(/N=C\C=C(/C)c1cnc(NCc2cc(F)cc(C(=O)OC)c2)c2c1OCC2)N(C(C)=O)C(=O)OC(C)(C)C. The van der Waals surface area contributed by atoms with E-state index in [2.05, 4.69) is 15.3 Å². The van der Waals surface area contributed by atoms with Crippen LogP contribution in [0.5, 0.6) is 5.75 Å². The van der Waals surface area contributed by atoms with Gasteiger partial charge in [-0.3, -0.25) is 4.79 Å². The molecule has 2 heterocycles. The fraction of sp³-hybridized carbons (Fsp3) is 0.387. The molecule has 0 unspecified atom stereocenters. The number of amides is 2. The Bertz CT molecular complexity index is 1440. The number of benzene rings is 1. The van der Waals surface area contributed by atoms with Gasteiger partial charge in [-0.15, -0.1) is 0 Å². The summed E-state index contributed by atoms with van der Waals surface area (Å²) in [7, 11) is 1.24. The Morgan fingerprint density at radius 3 is 2.60 bits per heavy atom. The molecule has 0 fully saturated rings. The smallest absolute Gasteiger partial charge is 0.422 e. The summed E-state index contributed by atoms with van der Waals surface area (Å²) in [6.07, 6.45) is 6.96. The molecule has 1 aliphatic heterocycles. The van der Waals surface area contributed by atoms with Crippen molar-refractivity contribution >= 4 is 35.6 Å². The number of esters is 1. The van der Waals surface area contributed by atoms with Gasteiger partial charge in [0, 0.05) is 43.4 Å². The number of imide groups is 1. The van der Waals surface area contributed by atoms with Gasteiger partial charge < -0.3 is 19.5 Å². The minimum absolute atomic E-state index is 0.128. The average Bonchev–Trinajstić information content (AvgIpc) is 3.40. The second-order valence-corrected chi connectivity index (χ2v) is 10.6. The quantitative estimate of drug-likeness (QED) is 0.281. The maximum absolute atomic E-state index is 14.1. The molecule has 0 saturated heterocycles. The van der Waals surface area contributed by atoms with E-state index in [1.807, 2.05) is 13.8 Å². The first kappa shape index (κ1) is 32.0. The number of anilines is 1. The third-order valence-corrected chi connectivity index (χ3v) is 6.03. The molecule has 0 spiro atoms. The molecule has 0 aliphatic carbocycles. The number of nitrogens with zero attached hydrogens (tertiary/aromatic N) is 3. The Labute approximate surface area is 245 Å². The maximum atomic E-state index is 14.1. The van der Waals surface area contributed by atoms with Crippen LogP contribution in [0.1, 0.15) is 75.0 Å². The number of allylic oxidation sites excluding steroid dienone is 3. The zero-order valence-corrected chi connectivity index (χ0v) is 25.0. The number of aromatic nitrogens is 1. The molecular formula is C31H37FN4O6. The fourth-order valence-electron chi connectivity index (χ4n) is 4.19. The molecule has 2 aromatic rings. The van der Waals surface area contributed by atoms with Crippen LogP contribution in [0, 0.1) is 5.82 Å². The zero-order chi connectivity index (χ0) is 31.0. The van der Waals surface area contributed by atoms with Gasteiger partial charge in [-0.1, -0.05) is 6.92 Å². The largest absolute Gasteiger partial charge is 0.492 e. The molecule has 10 nitrogen and oxygen atoms in total. The number of nitrogens with one attached hydrogen (secondary N) is 1. The number of carbonyl (C=O) groups excluding carboxylic acids is 3. The first-order valence-electron chi connectivity index (χ1n) is 13.6. The molecule has 1 aromatic carbocycles. The molecule has 1 aliphatic rings. The third-order valence-electron chi connectivity index (χ3n) is 6.03. The van der Waals surface area contributed by atoms with Crippen LogP contribution >= 0.6 is 0 Å². The molecule has 0 radical (unpaired) electrons. The highest BCUT2D eigenvalue weighted by molar-refractivity contribution is 5.94. The average molecular weight is 581 g/mol. The van der Waals surface area contributed by atoms with Gasteiger partial charge in [0.05, 0.1) is 19.3 Å². The van der Waals surface area contributed by atoms with Gasteiger partial charge in [0.15, 0.2) is 0 Å². The van der Waals surface area contributed by atoms with Crippen molar-refractivity contribution in [3.05, 3.63) is 70.4 Å². The highest BCUT2D eigenvalue weighted by Gasteiger charge is 2.28. The van der Waals surface area contributed by atoms with Crippen LogP contribution in [0.15, 0.2) is 47.4 Å². The van der Waals surface area contributed by atoms with Crippen LogP contribution in [0.4, 0.5) is 15.0 Å². The summed E-state index contributed by atoms with van der Waals surface area (Å²) < 4.78 is 30.1. The van der Waals surface area contributed by atoms with Crippen molar-refractivity contribution in [3.63, 3.8) is 0 Å². The maximum Gasteiger partial charge on any atom is 0.422 e. The van der Waals surface area contributed by atoms with Gasteiger partial charge in [-0.05, 0) is 75.6 Å². The monoisotopic (exact) mass is 580 g/mol.